The second kappa shape index (κ2) is 25.3. The molecule has 5 N–H and O–H groups in total. The summed E-state index contributed by atoms with van der Waals surface area (Å²) in [6.45, 7) is 0. The van der Waals surface area contributed by atoms with E-state index in [1.807, 2.05) is 0 Å². The molecule has 0 spiro atoms. The standard InChI is InChI=1S/Ba.Cd.H3O3P.H2O3P.O3P/c;;3*1-4(2)3/h;;1-3H;1-2H;/q2*+2;;-1;-3. The summed E-state index contributed by atoms with van der Waals surface area (Å²) < 4.78 is 0. The molecular formula is H5BaCdO9P3. The van der Waals surface area contributed by atoms with Crippen LogP contribution in [-0.4, -0.2) is 73.3 Å². The van der Waals surface area contributed by atoms with Crippen molar-refractivity contribution in [2.45, 2.75) is 0 Å². The summed E-state index contributed by atoms with van der Waals surface area (Å²) in [5.74, 6) is 0. The van der Waals surface area contributed by atoms with Crippen LogP contribution in [-0.2, 0) is 27.3 Å². The normalized spacial score (nSPS) is 7.71. The van der Waals surface area contributed by atoms with Gasteiger partial charge in [0.15, 0.2) is 0 Å². The Morgan fingerprint density at radius 2 is 0.714 bits per heavy atom. The molecule has 0 heterocycles. The molecule has 0 aliphatic heterocycles. The summed E-state index contributed by atoms with van der Waals surface area (Å²) >= 11 is 0. The molecule has 0 bridgehead atoms. The molecule has 0 saturated heterocycles. The molecule has 0 aromatic heterocycles. The van der Waals surface area contributed by atoms with Gasteiger partial charge in [0.25, 0.3) is 0 Å². The number of hydrogen-bond acceptors (Lipinski definition) is 9. The predicted molar refractivity (Wildman–Crippen MR) is 37.6 cm³/mol. The van der Waals surface area contributed by atoms with E-state index in [-0.39, 0.29) is 76.2 Å². The molecule has 0 saturated carbocycles. The van der Waals surface area contributed by atoms with Crippen LogP contribution in [0.25, 0.3) is 0 Å². The van der Waals surface area contributed by atoms with E-state index in [2.05, 4.69) is 0 Å². The fourth-order valence-corrected chi connectivity index (χ4v) is 0. The van der Waals surface area contributed by atoms with Crippen LogP contribution in [0.3, 0.4) is 0 Å². The Bertz CT molecular complexity index is 48.5. The zero-order valence-corrected chi connectivity index (χ0v) is 17.8. The third kappa shape index (κ3) is 274. The van der Waals surface area contributed by atoms with Gasteiger partial charge in [-0.1, -0.05) is 0 Å². The minimum Gasteiger partial charge on any atom is -0.854 e. The van der Waals surface area contributed by atoms with Crippen molar-refractivity contribution in [2.24, 2.45) is 0 Å². The monoisotopic (exact) mass is 494 g/mol. The quantitative estimate of drug-likeness (QED) is 0.162. The summed E-state index contributed by atoms with van der Waals surface area (Å²) in [4.78, 5) is 70.1. The molecule has 0 amide bonds. The topological polar surface area (TPSA) is 193 Å². The van der Waals surface area contributed by atoms with E-state index >= 15 is 0 Å². The Hall–Kier alpha value is 3.42. The van der Waals surface area contributed by atoms with Crippen LogP contribution in [0.4, 0.5) is 0 Å². The molecule has 9 nitrogen and oxygen atoms in total. The van der Waals surface area contributed by atoms with Gasteiger partial charge in [-0.2, -0.15) is 0 Å². The number of hydrogen-bond donors (Lipinski definition) is 5. The molecule has 0 atom stereocenters. The molecular weight excluding hydrogens is 487 g/mol. The molecule has 0 aromatic carbocycles. The van der Waals surface area contributed by atoms with Crippen LogP contribution < -0.4 is 19.6 Å². The van der Waals surface area contributed by atoms with E-state index in [9.17, 15) is 0 Å². The van der Waals surface area contributed by atoms with Crippen LogP contribution in [0.5, 0.6) is 0 Å². The molecule has 0 aliphatic carbocycles. The zero-order chi connectivity index (χ0) is 10.7. The summed E-state index contributed by atoms with van der Waals surface area (Å²) in [5, 5.41) is 0. The first kappa shape index (κ1) is 30.4. The van der Waals surface area contributed by atoms with Gasteiger partial charge < -0.3 is 52.6 Å². The van der Waals surface area contributed by atoms with Crippen LogP contribution in [0.1, 0.15) is 0 Å². The Morgan fingerprint density at radius 1 is 0.714 bits per heavy atom. The first-order valence-electron chi connectivity index (χ1n) is 1.73. The van der Waals surface area contributed by atoms with Crippen molar-refractivity contribution >= 4 is 74.7 Å². The van der Waals surface area contributed by atoms with Crippen molar-refractivity contribution < 1.29 is 71.3 Å². The Balaban J connectivity index is -0.0000000270. The average Bonchev–Trinajstić information content (AvgIpc) is 1.54. The van der Waals surface area contributed by atoms with Gasteiger partial charge >= 0.3 is 84.8 Å². The summed E-state index contributed by atoms with van der Waals surface area (Å²) in [6, 6.07) is 0. The fraction of sp³-hybridized carbons (Fsp3) is 0. The van der Waals surface area contributed by atoms with Crippen LogP contribution >= 0.6 is 25.8 Å². The predicted octanol–water partition coefficient (Wildman–Crippen LogP) is -5.34. The van der Waals surface area contributed by atoms with E-state index in [1.165, 1.54) is 0 Å². The molecule has 78 valence electrons. The maximum Gasteiger partial charge on any atom is 2.00 e. The maximum absolute atomic E-state index is 8.70. The molecule has 0 fully saturated rings. The van der Waals surface area contributed by atoms with Crippen molar-refractivity contribution in [3.05, 3.63) is 0 Å². The second-order valence-electron chi connectivity index (χ2n) is 0.745. The van der Waals surface area contributed by atoms with Crippen LogP contribution in [0.2, 0.25) is 0 Å². The van der Waals surface area contributed by atoms with Gasteiger partial charge in [-0.15, -0.1) is 0 Å². The summed E-state index contributed by atoms with van der Waals surface area (Å²) in [5.41, 5.74) is 0. The van der Waals surface area contributed by atoms with E-state index in [0.29, 0.717) is 0 Å². The Kier molecular flexibility index (Phi) is 55.1. The van der Waals surface area contributed by atoms with Crippen molar-refractivity contribution in [3.63, 3.8) is 0 Å². The van der Waals surface area contributed by atoms with Crippen LogP contribution in [0, 0.1) is 0 Å². The van der Waals surface area contributed by atoms with Gasteiger partial charge in [0, 0.05) is 0 Å². The van der Waals surface area contributed by atoms with Gasteiger partial charge in [-0.05, 0) is 0 Å². The van der Waals surface area contributed by atoms with E-state index < -0.39 is 25.8 Å². The molecule has 14 heavy (non-hydrogen) atoms. The van der Waals surface area contributed by atoms with Gasteiger partial charge in [0.1, 0.15) is 0 Å². The Labute approximate surface area is 144 Å². The Morgan fingerprint density at radius 3 is 0.714 bits per heavy atom. The minimum absolute atomic E-state index is 0. The van der Waals surface area contributed by atoms with E-state index in [4.69, 9.17) is 44.0 Å². The third-order valence-electron chi connectivity index (χ3n) is 0. The molecule has 0 aliphatic rings. The second-order valence-corrected chi connectivity index (χ2v) is 2.23. The molecule has 0 unspecified atom stereocenters. The van der Waals surface area contributed by atoms with Gasteiger partial charge in [-0.25, -0.2) is 0 Å². The first-order valence-corrected chi connectivity index (χ1v) is 5.19. The third-order valence-corrected chi connectivity index (χ3v) is 0. The molecule has 0 rings (SSSR count). The van der Waals surface area contributed by atoms with Crippen molar-refractivity contribution in [1.29, 1.82) is 0 Å². The summed E-state index contributed by atoms with van der Waals surface area (Å²) in [7, 11) is -8.86. The smallest absolute Gasteiger partial charge is 0.854 e. The van der Waals surface area contributed by atoms with Gasteiger partial charge in [-0.3, -0.25) is 0 Å². The zero-order valence-electron chi connectivity index (χ0n) is 6.62. The molecule has 0 radical (unpaired) electrons. The SMILES string of the molecule is OP(O)O.[Ba+2].[Cd+2].[O-]P(O)O.[O-]P([O-])[O-]. The number of rotatable bonds is 0. The first-order chi connectivity index (χ1) is 5.20. The molecule has 0 aromatic rings. The van der Waals surface area contributed by atoms with E-state index in [0.717, 1.165) is 0 Å². The van der Waals surface area contributed by atoms with E-state index in [1.54, 1.807) is 0 Å². The van der Waals surface area contributed by atoms with Gasteiger partial charge in [0.05, 0.1) is 8.60 Å². The van der Waals surface area contributed by atoms with Crippen molar-refractivity contribution in [3.8, 4) is 0 Å². The van der Waals surface area contributed by atoms with Gasteiger partial charge in [0.2, 0.25) is 0 Å². The maximum atomic E-state index is 8.70. The molecule has 14 heteroatoms. The summed E-state index contributed by atoms with van der Waals surface area (Å²) in [6.07, 6.45) is 0. The minimum atomic E-state index is -3.37. The fourth-order valence-electron chi connectivity index (χ4n) is 0. The van der Waals surface area contributed by atoms with Crippen molar-refractivity contribution in [2.75, 3.05) is 0 Å². The van der Waals surface area contributed by atoms with Crippen molar-refractivity contribution in [1.82, 2.24) is 0 Å². The average molecular weight is 492 g/mol. The largest absolute Gasteiger partial charge is 2.00 e. The van der Waals surface area contributed by atoms with Crippen LogP contribution in [0.15, 0.2) is 0 Å².